The van der Waals surface area contributed by atoms with Crippen LogP contribution >= 0.6 is 0 Å². The quantitative estimate of drug-likeness (QED) is 0.487. The lowest BCUT2D eigenvalue weighted by molar-refractivity contribution is -0.144. The van der Waals surface area contributed by atoms with Crippen LogP contribution in [0.3, 0.4) is 0 Å². The van der Waals surface area contributed by atoms with Gasteiger partial charge in [0, 0.05) is 32.4 Å². The number of epoxide rings is 1. The van der Waals surface area contributed by atoms with Gasteiger partial charge in [-0.25, -0.2) is 9.78 Å². The minimum atomic E-state index is -0.882. The topological polar surface area (TPSA) is 104 Å². The highest BCUT2D eigenvalue weighted by Crippen LogP contribution is 2.24. The lowest BCUT2D eigenvalue weighted by Crippen LogP contribution is -2.56. The molecule has 3 heterocycles. The van der Waals surface area contributed by atoms with Gasteiger partial charge in [-0.3, -0.25) is 9.59 Å². The van der Waals surface area contributed by atoms with Crippen LogP contribution in [0.15, 0.2) is 24.4 Å². The highest BCUT2D eigenvalue weighted by molar-refractivity contribution is 5.95. The molecule has 9 nitrogen and oxygen atoms in total. The third-order valence-corrected chi connectivity index (χ3v) is 5.16. The molecule has 0 aliphatic carbocycles. The van der Waals surface area contributed by atoms with Crippen LogP contribution in [0.25, 0.3) is 0 Å². The van der Waals surface area contributed by atoms with Crippen LogP contribution < -0.4 is 10.2 Å². The maximum absolute atomic E-state index is 13.1. The highest BCUT2D eigenvalue weighted by atomic mass is 16.6. The smallest absolute Gasteiger partial charge is 0.338 e. The summed E-state index contributed by atoms with van der Waals surface area (Å²) in [5.74, 6) is 0.0165. The van der Waals surface area contributed by atoms with E-state index in [9.17, 15) is 14.4 Å². The number of carbonyl (C=O) groups is 3. The van der Waals surface area contributed by atoms with E-state index < -0.39 is 30.1 Å². The fraction of sp³-hybridized carbons (Fsp3) is 0.619. The molecule has 0 aromatic carbocycles. The second-order valence-electron chi connectivity index (χ2n) is 7.92. The minimum Gasteiger partial charge on any atom is -0.464 e. The second-order valence-corrected chi connectivity index (χ2v) is 7.92. The van der Waals surface area contributed by atoms with Crippen molar-refractivity contribution in [3.63, 3.8) is 0 Å². The molecule has 0 spiro atoms. The number of anilines is 1. The van der Waals surface area contributed by atoms with Crippen LogP contribution in [-0.2, 0) is 23.9 Å². The van der Waals surface area contributed by atoms with Crippen molar-refractivity contribution in [3.05, 3.63) is 24.4 Å². The van der Waals surface area contributed by atoms with Crippen molar-refractivity contribution in [3.8, 4) is 0 Å². The van der Waals surface area contributed by atoms with E-state index >= 15 is 0 Å². The van der Waals surface area contributed by atoms with Gasteiger partial charge >= 0.3 is 5.97 Å². The van der Waals surface area contributed by atoms with Gasteiger partial charge in [-0.1, -0.05) is 19.9 Å². The number of amides is 2. The van der Waals surface area contributed by atoms with Gasteiger partial charge in [0.1, 0.15) is 11.9 Å². The normalized spacial score (nSPS) is 21.9. The second kappa shape index (κ2) is 9.88. The molecule has 2 fully saturated rings. The van der Waals surface area contributed by atoms with E-state index in [1.807, 2.05) is 32.0 Å². The number of hydrogen-bond donors (Lipinski definition) is 1. The number of hydrogen-bond acceptors (Lipinski definition) is 7. The average molecular weight is 418 g/mol. The van der Waals surface area contributed by atoms with Crippen molar-refractivity contribution in [2.75, 3.05) is 37.7 Å². The fourth-order valence-corrected chi connectivity index (χ4v) is 3.58. The van der Waals surface area contributed by atoms with E-state index in [0.717, 1.165) is 5.82 Å². The highest BCUT2D eigenvalue weighted by Gasteiger charge is 2.52. The minimum absolute atomic E-state index is 0.106. The molecule has 1 aromatic rings. The third kappa shape index (κ3) is 5.47. The lowest BCUT2D eigenvalue weighted by atomic mass is 10.0. The van der Waals surface area contributed by atoms with Crippen molar-refractivity contribution >= 4 is 23.6 Å². The zero-order valence-corrected chi connectivity index (χ0v) is 17.7. The zero-order valence-electron chi connectivity index (χ0n) is 17.7. The van der Waals surface area contributed by atoms with Crippen LogP contribution in [-0.4, -0.2) is 78.7 Å². The summed E-state index contributed by atoms with van der Waals surface area (Å²) in [7, 11) is 0. The molecule has 0 saturated carbocycles. The van der Waals surface area contributed by atoms with E-state index in [1.54, 1.807) is 18.0 Å². The number of ether oxygens (including phenoxy) is 2. The fourth-order valence-electron chi connectivity index (χ4n) is 3.58. The predicted octanol–water partition coefficient (Wildman–Crippen LogP) is 0.592. The summed E-state index contributed by atoms with van der Waals surface area (Å²) in [5.41, 5.74) is 0. The van der Waals surface area contributed by atoms with Crippen LogP contribution in [0.2, 0.25) is 0 Å². The van der Waals surface area contributed by atoms with Crippen molar-refractivity contribution in [2.45, 2.75) is 45.4 Å². The van der Waals surface area contributed by atoms with E-state index in [0.29, 0.717) is 32.6 Å². The van der Waals surface area contributed by atoms with Crippen LogP contribution in [0.5, 0.6) is 0 Å². The Bertz CT molecular complexity index is 749. The summed E-state index contributed by atoms with van der Waals surface area (Å²) in [6.45, 7) is 8.41. The van der Waals surface area contributed by atoms with Gasteiger partial charge in [0.25, 0.3) is 5.91 Å². The van der Waals surface area contributed by atoms with E-state index in [1.165, 1.54) is 0 Å². The monoisotopic (exact) mass is 418 g/mol. The number of pyridine rings is 1. The van der Waals surface area contributed by atoms with Gasteiger partial charge in [-0.2, -0.15) is 0 Å². The number of esters is 1. The summed E-state index contributed by atoms with van der Waals surface area (Å²) < 4.78 is 10.0. The SMILES string of the molecule is CCOC(=O)[C@@H]1O[C@H]1C(=O)N[C@@H](CC(C)C)C(=O)N1CCN(c2ccccn2)CC1. The first-order valence-electron chi connectivity index (χ1n) is 10.5. The Morgan fingerprint density at radius 2 is 1.93 bits per heavy atom. The first-order valence-corrected chi connectivity index (χ1v) is 10.5. The first kappa shape index (κ1) is 22.0. The van der Waals surface area contributed by atoms with Gasteiger partial charge in [0.05, 0.1) is 6.61 Å². The maximum Gasteiger partial charge on any atom is 0.338 e. The zero-order chi connectivity index (χ0) is 21.7. The molecule has 0 unspecified atom stereocenters. The molecule has 1 N–H and O–H groups in total. The molecule has 2 aliphatic heterocycles. The Hall–Kier alpha value is -2.68. The largest absolute Gasteiger partial charge is 0.464 e. The van der Waals surface area contributed by atoms with Gasteiger partial charge in [-0.15, -0.1) is 0 Å². The Morgan fingerprint density at radius 3 is 2.53 bits per heavy atom. The van der Waals surface area contributed by atoms with E-state index in [2.05, 4.69) is 15.2 Å². The molecule has 30 heavy (non-hydrogen) atoms. The third-order valence-electron chi connectivity index (χ3n) is 5.16. The molecule has 3 rings (SSSR count). The molecule has 3 atom stereocenters. The number of carbonyl (C=O) groups excluding carboxylic acids is 3. The average Bonchev–Trinajstić information content (AvgIpc) is 3.55. The van der Waals surface area contributed by atoms with Crippen molar-refractivity contribution in [1.82, 2.24) is 15.2 Å². The summed E-state index contributed by atoms with van der Waals surface area (Å²) in [6, 6.07) is 5.12. The first-order chi connectivity index (χ1) is 14.4. The molecular weight excluding hydrogens is 388 g/mol. The Labute approximate surface area is 176 Å². The molecule has 164 valence electrons. The van der Waals surface area contributed by atoms with Gasteiger partial charge in [0.15, 0.2) is 12.2 Å². The summed E-state index contributed by atoms with van der Waals surface area (Å²) in [5, 5.41) is 2.79. The molecule has 1 aromatic heterocycles. The predicted molar refractivity (Wildman–Crippen MR) is 110 cm³/mol. The van der Waals surface area contributed by atoms with Crippen LogP contribution in [0.1, 0.15) is 27.2 Å². The molecule has 0 radical (unpaired) electrons. The lowest BCUT2D eigenvalue weighted by Gasteiger charge is -2.37. The molecular formula is C21H30N4O5. The van der Waals surface area contributed by atoms with E-state index in [-0.39, 0.29) is 18.4 Å². The van der Waals surface area contributed by atoms with Crippen LogP contribution in [0.4, 0.5) is 5.82 Å². The summed E-state index contributed by atoms with van der Waals surface area (Å²) in [4.78, 5) is 45.6. The van der Waals surface area contributed by atoms with E-state index in [4.69, 9.17) is 9.47 Å². The summed E-state index contributed by atoms with van der Waals surface area (Å²) >= 11 is 0. The molecule has 2 amide bonds. The molecule has 2 saturated heterocycles. The van der Waals surface area contributed by atoms with Crippen LogP contribution in [0, 0.1) is 5.92 Å². The Balaban J connectivity index is 1.55. The van der Waals surface area contributed by atoms with Gasteiger partial charge in [0.2, 0.25) is 5.91 Å². The number of aromatic nitrogens is 1. The number of piperazine rings is 1. The maximum atomic E-state index is 13.1. The molecule has 0 bridgehead atoms. The Morgan fingerprint density at radius 1 is 1.20 bits per heavy atom. The standard InChI is InChI=1S/C21H30N4O5/c1-4-29-21(28)18-17(30-18)19(26)23-15(13-14(2)3)20(27)25-11-9-24(10-12-25)16-7-5-6-8-22-16/h5-8,14-15,17-18H,4,9-13H2,1-3H3,(H,23,26)/t15-,17+,18+/m0/s1. The van der Waals surface area contributed by atoms with Crippen molar-refractivity contribution in [2.24, 2.45) is 5.92 Å². The Kier molecular flexibility index (Phi) is 7.25. The number of nitrogens with one attached hydrogen (secondary N) is 1. The number of nitrogens with zero attached hydrogens (tertiary/aromatic N) is 3. The molecule has 2 aliphatic rings. The number of rotatable bonds is 8. The van der Waals surface area contributed by atoms with Crippen molar-refractivity contribution < 1.29 is 23.9 Å². The summed E-state index contributed by atoms with van der Waals surface area (Å²) in [6.07, 6.45) is 0.515. The van der Waals surface area contributed by atoms with Gasteiger partial charge < -0.3 is 24.6 Å². The van der Waals surface area contributed by atoms with Gasteiger partial charge in [-0.05, 0) is 31.4 Å². The van der Waals surface area contributed by atoms with Crippen molar-refractivity contribution in [1.29, 1.82) is 0 Å². The molecule has 9 heteroatoms.